The zero-order chi connectivity index (χ0) is 18.6. The van der Waals surface area contributed by atoms with Gasteiger partial charge >= 0.3 is 11.9 Å². The molecule has 2 N–H and O–H groups in total. The number of nitrogen functional groups attached to an aromatic ring is 1. The average molecular weight is 351 g/mol. The average Bonchev–Trinajstić information content (AvgIpc) is 2.54. The van der Waals surface area contributed by atoms with Gasteiger partial charge in [-0.15, -0.1) is 0 Å². The molecule has 0 bridgehead atoms. The van der Waals surface area contributed by atoms with Crippen LogP contribution in [0.5, 0.6) is 5.75 Å². The minimum atomic E-state index is -0.847. The van der Waals surface area contributed by atoms with E-state index in [9.17, 15) is 9.59 Å². The number of carbonyl (C=O) groups is 2. The molecule has 1 unspecified atom stereocenters. The van der Waals surface area contributed by atoms with Crippen LogP contribution in [0.2, 0.25) is 0 Å². The van der Waals surface area contributed by atoms with Crippen molar-refractivity contribution in [3.63, 3.8) is 0 Å². The molecule has 1 aromatic carbocycles. The Bertz CT molecular complexity index is 617. The van der Waals surface area contributed by atoms with Gasteiger partial charge in [0.25, 0.3) is 0 Å². The van der Waals surface area contributed by atoms with Gasteiger partial charge in [-0.3, -0.25) is 9.59 Å². The van der Waals surface area contributed by atoms with Crippen molar-refractivity contribution < 1.29 is 28.5 Å². The van der Waals surface area contributed by atoms with Crippen molar-refractivity contribution in [2.75, 3.05) is 12.3 Å². The van der Waals surface area contributed by atoms with Crippen LogP contribution in [-0.4, -0.2) is 37.0 Å². The number of para-hydroxylation sites is 2. The molecule has 138 valence electrons. The monoisotopic (exact) mass is 351 g/mol. The topological polar surface area (TPSA) is 97.1 Å². The predicted molar refractivity (Wildman–Crippen MR) is 90.7 cm³/mol. The molecule has 2 rings (SSSR count). The van der Waals surface area contributed by atoms with Crippen LogP contribution in [0, 0.1) is 11.8 Å². The number of rotatable bonds is 5. The van der Waals surface area contributed by atoms with Gasteiger partial charge in [0.05, 0.1) is 11.8 Å². The number of ether oxygens (including phenoxy) is 4. The molecule has 0 spiro atoms. The maximum atomic E-state index is 11.5. The van der Waals surface area contributed by atoms with Crippen molar-refractivity contribution in [3.05, 3.63) is 24.3 Å². The summed E-state index contributed by atoms with van der Waals surface area (Å²) in [6.07, 6.45) is -1.82. The molecular formula is C18H25NO6. The Hall–Kier alpha value is -2.28. The number of anilines is 1. The predicted octanol–water partition coefficient (Wildman–Crippen LogP) is 2.14. The van der Waals surface area contributed by atoms with E-state index < -0.39 is 18.4 Å². The molecule has 7 heteroatoms. The van der Waals surface area contributed by atoms with Gasteiger partial charge in [0.2, 0.25) is 6.29 Å². The van der Waals surface area contributed by atoms with Crippen molar-refractivity contribution in [2.45, 2.75) is 46.2 Å². The Kier molecular flexibility index (Phi) is 6.25. The fourth-order valence-corrected chi connectivity index (χ4v) is 2.81. The van der Waals surface area contributed by atoms with Crippen LogP contribution in [0.15, 0.2) is 24.3 Å². The van der Waals surface area contributed by atoms with E-state index in [1.54, 1.807) is 24.3 Å². The van der Waals surface area contributed by atoms with Gasteiger partial charge in [-0.25, -0.2) is 0 Å². The van der Waals surface area contributed by atoms with E-state index in [4.69, 9.17) is 24.7 Å². The number of esters is 2. The molecule has 0 radical (unpaired) electrons. The first kappa shape index (κ1) is 19.1. The van der Waals surface area contributed by atoms with E-state index in [-0.39, 0.29) is 30.5 Å². The van der Waals surface area contributed by atoms with Crippen molar-refractivity contribution >= 4 is 17.6 Å². The smallest absolute Gasteiger partial charge is 0.303 e. The Morgan fingerprint density at radius 3 is 2.40 bits per heavy atom. The number of benzene rings is 1. The van der Waals surface area contributed by atoms with Crippen molar-refractivity contribution in [2.24, 2.45) is 11.8 Å². The van der Waals surface area contributed by atoms with E-state index in [1.165, 1.54) is 13.8 Å². The van der Waals surface area contributed by atoms with Crippen molar-refractivity contribution in [1.29, 1.82) is 0 Å². The standard InChI is InChI=1S/C18H25NO6/c1-10-11(2)17(23-13(4)21)18(25-16(10)9-22-12(3)20)24-15-8-6-5-7-14(15)19/h5-8,10-11,16-18H,9,19H2,1-4H3/t10-,11-,16+,17+,18?/m0/s1. The SMILES string of the molecule is CC(=O)OC[C@H]1OC(Oc2ccccc2N)[C@H](OC(C)=O)[C@@H](C)[C@@H]1C. The highest BCUT2D eigenvalue weighted by molar-refractivity contribution is 5.66. The van der Waals surface area contributed by atoms with Gasteiger partial charge in [-0.2, -0.15) is 0 Å². The molecule has 7 nitrogen and oxygen atoms in total. The first-order valence-electron chi connectivity index (χ1n) is 8.26. The lowest BCUT2D eigenvalue weighted by Crippen LogP contribution is -2.54. The highest BCUT2D eigenvalue weighted by Crippen LogP contribution is 2.35. The Morgan fingerprint density at radius 2 is 1.80 bits per heavy atom. The third-order valence-corrected chi connectivity index (χ3v) is 4.43. The summed E-state index contributed by atoms with van der Waals surface area (Å²) in [7, 11) is 0. The summed E-state index contributed by atoms with van der Waals surface area (Å²) in [4.78, 5) is 22.6. The minimum absolute atomic E-state index is 0.00308. The van der Waals surface area contributed by atoms with E-state index in [0.29, 0.717) is 11.4 Å². The van der Waals surface area contributed by atoms with Crippen LogP contribution in [0.25, 0.3) is 0 Å². The summed E-state index contributed by atoms with van der Waals surface area (Å²) in [6, 6.07) is 7.01. The zero-order valence-corrected chi connectivity index (χ0v) is 14.9. The maximum Gasteiger partial charge on any atom is 0.303 e. The molecule has 1 fully saturated rings. The first-order chi connectivity index (χ1) is 11.8. The summed E-state index contributed by atoms with van der Waals surface area (Å²) >= 11 is 0. The number of hydrogen-bond donors (Lipinski definition) is 1. The van der Waals surface area contributed by atoms with Crippen LogP contribution < -0.4 is 10.5 Å². The third-order valence-electron chi connectivity index (χ3n) is 4.43. The lowest BCUT2D eigenvalue weighted by atomic mass is 9.83. The lowest BCUT2D eigenvalue weighted by Gasteiger charge is -2.43. The summed E-state index contributed by atoms with van der Waals surface area (Å²) in [5.41, 5.74) is 6.38. The molecule has 1 aliphatic heterocycles. The van der Waals surface area contributed by atoms with Crippen LogP contribution >= 0.6 is 0 Å². The van der Waals surface area contributed by atoms with Gasteiger partial charge in [-0.05, 0) is 18.1 Å². The van der Waals surface area contributed by atoms with Gasteiger partial charge < -0.3 is 24.7 Å². The minimum Gasteiger partial charge on any atom is -0.463 e. The zero-order valence-electron chi connectivity index (χ0n) is 14.9. The number of hydrogen-bond acceptors (Lipinski definition) is 7. The fraction of sp³-hybridized carbons (Fsp3) is 0.556. The molecule has 1 aliphatic rings. The second kappa shape index (κ2) is 8.20. The first-order valence-corrected chi connectivity index (χ1v) is 8.26. The molecule has 0 saturated carbocycles. The summed E-state index contributed by atoms with van der Waals surface area (Å²) < 4.78 is 22.4. The molecule has 1 heterocycles. The van der Waals surface area contributed by atoms with E-state index in [2.05, 4.69) is 0 Å². The normalized spacial score (nSPS) is 28.9. The van der Waals surface area contributed by atoms with Crippen molar-refractivity contribution in [1.82, 2.24) is 0 Å². The molecule has 0 aromatic heterocycles. The van der Waals surface area contributed by atoms with E-state index in [0.717, 1.165) is 0 Å². The summed E-state index contributed by atoms with van der Waals surface area (Å²) in [5, 5.41) is 0. The maximum absolute atomic E-state index is 11.5. The molecule has 0 amide bonds. The van der Waals surface area contributed by atoms with Gasteiger partial charge in [0, 0.05) is 19.8 Å². The largest absolute Gasteiger partial charge is 0.463 e. The number of nitrogens with two attached hydrogens (primary N) is 1. The molecular weight excluding hydrogens is 326 g/mol. The molecule has 1 saturated heterocycles. The van der Waals surface area contributed by atoms with Gasteiger partial charge in [-0.1, -0.05) is 26.0 Å². The fourth-order valence-electron chi connectivity index (χ4n) is 2.81. The lowest BCUT2D eigenvalue weighted by molar-refractivity contribution is -0.253. The van der Waals surface area contributed by atoms with E-state index in [1.807, 2.05) is 13.8 Å². The van der Waals surface area contributed by atoms with Crippen LogP contribution in [0.1, 0.15) is 27.7 Å². The molecule has 5 atom stereocenters. The van der Waals surface area contributed by atoms with Crippen molar-refractivity contribution in [3.8, 4) is 5.75 Å². The van der Waals surface area contributed by atoms with E-state index >= 15 is 0 Å². The van der Waals surface area contributed by atoms with Gasteiger partial charge in [0.15, 0.2) is 6.10 Å². The molecule has 0 aliphatic carbocycles. The Labute approximate surface area is 147 Å². The van der Waals surface area contributed by atoms with Gasteiger partial charge in [0.1, 0.15) is 12.4 Å². The highest BCUT2D eigenvalue weighted by Gasteiger charge is 2.45. The van der Waals surface area contributed by atoms with Crippen LogP contribution in [-0.2, 0) is 23.8 Å². The van der Waals surface area contributed by atoms with Crippen LogP contribution in [0.3, 0.4) is 0 Å². The Morgan fingerprint density at radius 1 is 1.12 bits per heavy atom. The Balaban J connectivity index is 2.21. The summed E-state index contributed by atoms with van der Waals surface area (Å²) in [6.45, 7) is 6.71. The quantitative estimate of drug-likeness (QED) is 0.641. The third kappa shape index (κ3) is 4.85. The second-order valence-electron chi connectivity index (χ2n) is 6.29. The van der Waals surface area contributed by atoms with Crippen LogP contribution in [0.4, 0.5) is 5.69 Å². The second-order valence-corrected chi connectivity index (χ2v) is 6.29. The molecule has 25 heavy (non-hydrogen) atoms. The number of carbonyl (C=O) groups excluding carboxylic acids is 2. The highest BCUT2D eigenvalue weighted by atomic mass is 16.7. The molecule has 1 aromatic rings. The summed E-state index contributed by atoms with van der Waals surface area (Å²) in [5.74, 6) is -0.418.